The third-order valence-electron chi connectivity index (χ3n) is 3.96. The highest BCUT2D eigenvalue weighted by Gasteiger charge is 1.97. The molecule has 0 aromatic carbocycles. The molecular weight excluding hydrogens is 312 g/mol. The van der Waals surface area contributed by atoms with Crippen LogP contribution in [0.1, 0.15) is 96.8 Å². The Morgan fingerprint density at radius 3 is 1.52 bits per heavy atom. The molecule has 0 aliphatic carbocycles. The molecular formula is C17H34N2O3S. The minimum absolute atomic E-state index is 0.498. The summed E-state index contributed by atoms with van der Waals surface area (Å²) in [7, 11) is -2.65. The Bertz CT molecular complexity index is 400. The Hall–Kier alpha value is -0.910. The van der Waals surface area contributed by atoms with Gasteiger partial charge in [-0.15, -0.1) is 0 Å². The molecule has 0 radical (unpaired) electrons. The maximum Gasteiger partial charge on any atom is 0.355 e. The van der Waals surface area contributed by atoms with E-state index in [1.165, 1.54) is 77.0 Å². The summed E-state index contributed by atoms with van der Waals surface area (Å²) in [5.41, 5.74) is 0. The van der Waals surface area contributed by atoms with Gasteiger partial charge in [0.2, 0.25) is 0 Å². The van der Waals surface area contributed by atoms with Gasteiger partial charge in [0.15, 0.2) is 0 Å². The number of amides is 2. The Balaban J connectivity index is 3.13. The van der Waals surface area contributed by atoms with Crippen molar-refractivity contribution in [2.75, 3.05) is 6.54 Å². The van der Waals surface area contributed by atoms with E-state index in [-0.39, 0.29) is 0 Å². The zero-order valence-corrected chi connectivity index (χ0v) is 15.5. The normalized spacial score (nSPS) is 10.5. The Labute approximate surface area is 143 Å². The summed E-state index contributed by atoms with van der Waals surface area (Å²) in [6.45, 7) is 2.75. The van der Waals surface area contributed by atoms with Crippen LogP contribution >= 0.6 is 0 Å². The topological polar surface area (TPSA) is 75.6 Å². The van der Waals surface area contributed by atoms with Gasteiger partial charge >= 0.3 is 16.5 Å². The van der Waals surface area contributed by atoms with E-state index in [2.05, 4.69) is 16.6 Å². The number of carbonyl (C=O) groups is 1. The average Bonchev–Trinajstić information content (AvgIpc) is 2.50. The SMILES string of the molecule is CCCCCCCCCCCCCCCCNC(=O)N=S(=O)=O. The third kappa shape index (κ3) is 19.0. The third-order valence-corrected chi connectivity index (χ3v) is 4.28. The number of nitrogens with one attached hydrogen (secondary N) is 1. The van der Waals surface area contributed by atoms with Crippen molar-refractivity contribution in [3.05, 3.63) is 0 Å². The molecule has 6 heteroatoms. The lowest BCUT2D eigenvalue weighted by molar-refractivity contribution is 0.249. The Kier molecular flexibility index (Phi) is 16.8. The summed E-state index contributed by atoms with van der Waals surface area (Å²) < 4.78 is 23.1. The van der Waals surface area contributed by atoms with Gasteiger partial charge in [0.1, 0.15) is 0 Å². The lowest BCUT2D eigenvalue weighted by atomic mass is 10.0. The van der Waals surface area contributed by atoms with Gasteiger partial charge in [0.05, 0.1) is 0 Å². The number of hydrogen-bond donors (Lipinski definition) is 1. The highest BCUT2D eigenvalue weighted by Crippen LogP contribution is 2.12. The molecule has 136 valence electrons. The molecule has 0 aromatic heterocycles. The number of unbranched alkanes of at least 4 members (excludes halogenated alkanes) is 13. The van der Waals surface area contributed by atoms with Crippen molar-refractivity contribution in [1.29, 1.82) is 0 Å². The second-order valence-electron chi connectivity index (χ2n) is 6.14. The maximum absolute atomic E-state index is 10.9. The second-order valence-corrected chi connectivity index (χ2v) is 6.75. The minimum Gasteiger partial charge on any atom is -0.335 e. The molecule has 0 unspecified atom stereocenters. The van der Waals surface area contributed by atoms with Crippen molar-refractivity contribution in [1.82, 2.24) is 5.32 Å². The van der Waals surface area contributed by atoms with Crippen LogP contribution in [0.25, 0.3) is 0 Å². The molecule has 0 spiro atoms. The number of carbonyl (C=O) groups excluding carboxylic acids is 1. The summed E-state index contributed by atoms with van der Waals surface area (Å²) >= 11 is 0. The van der Waals surface area contributed by atoms with Crippen LogP contribution in [0.5, 0.6) is 0 Å². The lowest BCUT2D eigenvalue weighted by Crippen LogP contribution is -2.20. The van der Waals surface area contributed by atoms with Crippen molar-refractivity contribution in [2.45, 2.75) is 96.8 Å². The fourth-order valence-corrected chi connectivity index (χ4v) is 2.81. The molecule has 0 saturated carbocycles. The summed E-state index contributed by atoms with van der Waals surface area (Å²) in [4.78, 5) is 10.9. The number of rotatable bonds is 15. The zero-order valence-electron chi connectivity index (χ0n) is 14.7. The van der Waals surface area contributed by atoms with E-state index < -0.39 is 16.5 Å². The monoisotopic (exact) mass is 346 g/mol. The highest BCUT2D eigenvalue weighted by atomic mass is 32.2. The van der Waals surface area contributed by atoms with Gasteiger partial charge in [-0.1, -0.05) is 94.8 Å². The van der Waals surface area contributed by atoms with Crippen LogP contribution in [0.2, 0.25) is 0 Å². The molecule has 0 aromatic rings. The summed E-state index contributed by atoms with van der Waals surface area (Å²) in [5, 5.41) is 2.46. The number of hydrogen-bond acceptors (Lipinski definition) is 3. The fourth-order valence-electron chi connectivity index (χ4n) is 2.61. The van der Waals surface area contributed by atoms with Gasteiger partial charge in [0, 0.05) is 6.54 Å². The van der Waals surface area contributed by atoms with Crippen LogP contribution in [-0.2, 0) is 10.5 Å². The first-order valence-corrected chi connectivity index (χ1v) is 10.3. The van der Waals surface area contributed by atoms with Crippen LogP contribution in [0.4, 0.5) is 4.79 Å². The van der Waals surface area contributed by atoms with E-state index in [9.17, 15) is 13.2 Å². The fraction of sp³-hybridized carbons (Fsp3) is 0.941. The van der Waals surface area contributed by atoms with E-state index in [4.69, 9.17) is 0 Å². The van der Waals surface area contributed by atoms with Gasteiger partial charge in [-0.25, -0.2) is 4.79 Å². The molecule has 0 saturated heterocycles. The molecule has 23 heavy (non-hydrogen) atoms. The van der Waals surface area contributed by atoms with Crippen LogP contribution in [0, 0.1) is 0 Å². The summed E-state index contributed by atoms with van der Waals surface area (Å²) in [6, 6.07) is -0.770. The zero-order chi connectivity index (χ0) is 17.2. The van der Waals surface area contributed by atoms with Crippen molar-refractivity contribution < 1.29 is 13.2 Å². The molecule has 1 N–H and O–H groups in total. The van der Waals surface area contributed by atoms with Crippen LogP contribution < -0.4 is 5.32 Å². The molecule has 5 nitrogen and oxygen atoms in total. The van der Waals surface area contributed by atoms with E-state index in [1.54, 1.807) is 0 Å². The first kappa shape index (κ1) is 22.1. The van der Waals surface area contributed by atoms with E-state index >= 15 is 0 Å². The van der Waals surface area contributed by atoms with E-state index in [1.807, 2.05) is 0 Å². The molecule has 0 heterocycles. The van der Waals surface area contributed by atoms with Crippen molar-refractivity contribution in [3.8, 4) is 0 Å². The molecule has 0 rings (SSSR count). The number of nitrogens with zero attached hydrogens (tertiary/aromatic N) is 1. The lowest BCUT2D eigenvalue weighted by Gasteiger charge is -2.03. The van der Waals surface area contributed by atoms with E-state index in [0.29, 0.717) is 6.54 Å². The first-order chi connectivity index (χ1) is 11.2. The Morgan fingerprint density at radius 2 is 1.13 bits per heavy atom. The molecule has 0 fully saturated rings. The number of urea groups is 1. The van der Waals surface area contributed by atoms with Crippen molar-refractivity contribution >= 4 is 16.5 Å². The van der Waals surface area contributed by atoms with E-state index in [0.717, 1.165) is 12.8 Å². The molecule has 2 amide bonds. The van der Waals surface area contributed by atoms with Gasteiger partial charge in [-0.05, 0) is 6.42 Å². The Morgan fingerprint density at radius 1 is 0.739 bits per heavy atom. The predicted octanol–water partition coefficient (Wildman–Crippen LogP) is 5.24. The van der Waals surface area contributed by atoms with Gasteiger partial charge in [-0.2, -0.15) is 8.42 Å². The van der Waals surface area contributed by atoms with Gasteiger partial charge in [0.25, 0.3) is 0 Å². The first-order valence-electron chi connectivity index (χ1n) is 9.25. The summed E-state index contributed by atoms with van der Waals surface area (Å²) in [6.07, 6.45) is 18.1. The highest BCUT2D eigenvalue weighted by molar-refractivity contribution is 7.62. The van der Waals surface area contributed by atoms with Crippen molar-refractivity contribution in [2.24, 2.45) is 4.36 Å². The summed E-state index contributed by atoms with van der Waals surface area (Å²) in [5.74, 6) is 0. The molecule has 0 aliphatic heterocycles. The van der Waals surface area contributed by atoms with Crippen molar-refractivity contribution in [3.63, 3.8) is 0 Å². The largest absolute Gasteiger partial charge is 0.355 e. The molecule has 0 aliphatic rings. The van der Waals surface area contributed by atoms with Crippen LogP contribution in [0.3, 0.4) is 0 Å². The van der Waals surface area contributed by atoms with Crippen LogP contribution in [0.15, 0.2) is 4.36 Å². The maximum atomic E-state index is 10.9. The molecule has 0 bridgehead atoms. The van der Waals surface area contributed by atoms with Gasteiger partial charge < -0.3 is 5.32 Å². The predicted molar refractivity (Wildman–Crippen MR) is 95.1 cm³/mol. The minimum atomic E-state index is -2.65. The smallest absolute Gasteiger partial charge is 0.335 e. The van der Waals surface area contributed by atoms with Gasteiger partial charge in [-0.3, -0.25) is 0 Å². The average molecular weight is 347 g/mol. The molecule has 0 atom stereocenters. The second kappa shape index (κ2) is 17.4. The van der Waals surface area contributed by atoms with Crippen LogP contribution in [-0.4, -0.2) is 21.0 Å². The quantitative estimate of drug-likeness (QED) is 0.412. The standard InChI is InChI=1S/C17H34N2O3S/c1-2-3-4-5-6-7-8-9-10-11-12-13-14-15-16-18-17(20)19-23(21)22/h2-16H2,1H3,(H,18,20).